The highest BCUT2D eigenvalue weighted by molar-refractivity contribution is 5.69. The quantitative estimate of drug-likeness (QED) is 0.425. The van der Waals surface area contributed by atoms with Gasteiger partial charge in [0.1, 0.15) is 0 Å². The maximum atomic E-state index is 11.3. The first-order valence-electron chi connectivity index (χ1n) is 6.34. The summed E-state index contributed by atoms with van der Waals surface area (Å²) in [5.41, 5.74) is 2.38. The Kier molecular flexibility index (Phi) is 6.22. The predicted octanol–water partition coefficient (Wildman–Crippen LogP) is 2.28. The molecular weight excluding hydrogens is 218 g/mol. The number of hydrogen-bond donors (Lipinski definition) is 2. The zero-order chi connectivity index (χ0) is 12.7. The zero-order valence-electron chi connectivity index (χ0n) is 10.7. The first kappa shape index (κ1) is 14.2. The smallest absolute Gasteiger partial charge is 0.305 e. The number of allylic oxidation sites excluding steroid dienone is 2. The van der Waals surface area contributed by atoms with Gasteiger partial charge < -0.3 is 9.94 Å². The third-order valence-electron chi connectivity index (χ3n) is 3.60. The maximum absolute atomic E-state index is 11.3. The SMILES string of the molecule is CC/C=C\CC1C(CC(=O)OC)CCC1NO. The first-order chi connectivity index (χ1) is 8.22. The first-order valence-corrected chi connectivity index (χ1v) is 6.34. The molecule has 4 nitrogen and oxygen atoms in total. The van der Waals surface area contributed by atoms with Crippen LogP contribution in [0.5, 0.6) is 0 Å². The topological polar surface area (TPSA) is 58.6 Å². The number of hydrogen-bond acceptors (Lipinski definition) is 4. The average molecular weight is 241 g/mol. The largest absolute Gasteiger partial charge is 0.469 e. The van der Waals surface area contributed by atoms with Crippen LogP contribution in [0.4, 0.5) is 0 Å². The van der Waals surface area contributed by atoms with Crippen molar-refractivity contribution in [3.05, 3.63) is 12.2 Å². The van der Waals surface area contributed by atoms with Crippen molar-refractivity contribution in [3.8, 4) is 0 Å². The number of hydroxylamine groups is 1. The Morgan fingerprint density at radius 2 is 2.24 bits per heavy atom. The standard InChI is InChI=1S/C13H23NO3/c1-3-4-5-6-11-10(9-13(15)17-2)7-8-12(11)14-16/h4-5,10-12,14,16H,3,6-9H2,1-2H3/b5-4-. The molecule has 0 heterocycles. The van der Waals surface area contributed by atoms with Gasteiger partial charge in [0.2, 0.25) is 0 Å². The molecular formula is C13H23NO3. The van der Waals surface area contributed by atoms with Crippen molar-refractivity contribution in [1.82, 2.24) is 5.48 Å². The summed E-state index contributed by atoms with van der Waals surface area (Å²) >= 11 is 0. The second-order valence-electron chi connectivity index (χ2n) is 4.63. The Hall–Kier alpha value is -0.870. The summed E-state index contributed by atoms with van der Waals surface area (Å²) in [6.45, 7) is 2.10. The van der Waals surface area contributed by atoms with Crippen LogP contribution < -0.4 is 5.48 Å². The van der Waals surface area contributed by atoms with E-state index >= 15 is 0 Å². The summed E-state index contributed by atoms with van der Waals surface area (Å²) in [6, 6.07) is 0.103. The Morgan fingerprint density at radius 3 is 2.82 bits per heavy atom. The summed E-state index contributed by atoms with van der Waals surface area (Å²) in [5.74, 6) is 0.480. The third kappa shape index (κ3) is 4.13. The highest BCUT2D eigenvalue weighted by atomic mass is 16.5. The van der Waals surface area contributed by atoms with Gasteiger partial charge in [-0.3, -0.25) is 4.79 Å². The van der Waals surface area contributed by atoms with Crippen molar-refractivity contribution in [2.75, 3.05) is 7.11 Å². The van der Waals surface area contributed by atoms with Gasteiger partial charge in [0.25, 0.3) is 0 Å². The van der Waals surface area contributed by atoms with Gasteiger partial charge >= 0.3 is 5.97 Å². The van der Waals surface area contributed by atoms with E-state index in [1.807, 2.05) is 0 Å². The van der Waals surface area contributed by atoms with E-state index < -0.39 is 0 Å². The minimum Gasteiger partial charge on any atom is -0.469 e. The third-order valence-corrected chi connectivity index (χ3v) is 3.60. The fourth-order valence-corrected chi connectivity index (χ4v) is 2.64. The van der Waals surface area contributed by atoms with E-state index in [0.29, 0.717) is 18.3 Å². The Morgan fingerprint density at radius 1 is 1.47 bits per heavy atom. The molecule has 0 aliphatic heterocycles. The van der Waals surface area contributed by atoms with Crippen LogP contribution in [0.3, 0.4) is 0 Å². The van der Waals surface area contributed by atoms with Gasteiger partial charge in [-0.1, -0.05) is 19.1 Å². The predicted molar refractivity (Wildman–Crippen MR) is 65.6 cm³/mol. The van der Waals surface area contributed by atoms with Gasteiger partial charge in [0, 0.05) is 12.5 Å². The highest BCUT2D eigenvalue weighted by Crippen LogP contribution is 2.37. The van der Waals surface area contributed by atoms with Crippen LogP contribution >= 0.6 is 0 Å². The van der Waals surface area contributed by atoms with Crippen molar-refractivity contribution >= 4 is 5.97 Å². The molecule has 0 amide bonds. The maximum Gasteiger partial charge on any atom is 0.305 e. The summed E-state index contributed by atoms with van der Waals surface area (Å²) in [7, 11) is 1.42. The molecule has 3 atom stereocenters. The van der Waals surface area contributed by atoms with E-state index in [9.17, 15) is 4.79 Å². The van der Waals surface area contributed by atoms with Gasteiger partial charge in [-0.05, 0) is 37.5 Å². The van der Waals surface area contributed by atoms with Gasteiger partial charge in [0.05, 0.1) is 7.11 Å². The Bertz CT molecular complexity index is 265. The zero-order valence-corrected chi connectivity index (χ0v) is 10.7. The van der Waals surface area contributed by atoms with E-state index in [0.717, 1.165) is 25.7 Å². The molecule has 1 rings (SSSR count). The van der Waals surface area contributed by atoms with Crippen molar-refractivity contribution in [2.45, 2.75) is 45.1 Å². The van der Waals surface area contributed by atoms with Gasteiger partial charge in [-0.25, -0.2) is 5.48 Å². The second kappa shape index (κ2) is 7.45. The lowest BCUT2D eigenvalue weighted by Gasteiger charge is -2.22. The monoisotopic (exact) mass is 241 g/mol. The lowest BCUT2D eigenvalue weighted by atomic mass is 9.88. The molecule has 1 fully saturated rings. The molecule has 0 saturated heterocycles. The van der Waals surface area contributed by atoms with Crippen LogP contribution in [0.1, 0.15) is 39.0 Å². The Labute approximate surface area is 103 Å². The van der Waals surface area contributed by atoms with E-state index in [2.05, 4.69) is 24.6 Å². The molecule has 0 spiro atoms. The molecule has 3 unspecified atom stereocenters. The van der Waals surface area contributed by atoms with Crippen molar-refractivity contribution < 1.29 is 14.7 Å². The number of nitrogens with one attached hydrogen (secondary N) is 1. The molecule has 1 aliphatic carbocycles. The number of methoxy groups -OCH3 is 1. The molecule has 1 aliphatic rings. The second-order valence-corrected chi connectivity index (χ2v) is 4.63. The molecule has 0 aromatic carbocycles. The molecule has 1 saturated carbocycles. The van der Waals surface area contributed by atoms with Crippen LogP contribution in [0.2, 0.25) is 0 Å². The lowest BCUT2D eigenvalue weighted by Crippen LogP contribution is -2.32. The number of carbonyl (C=O) groups is 1. The molecule has 98 valence electrons. The molecule has 2 N–H and O–H groups in total. The minimum absolute atomic E-state index is 0.103. The summed E-state index contributed by atoms with van der Waals surface area (Å²) in [5, 5.41) is 9.11. The van der Waals surface area contributed by atoms with Gasteiger partial charge in [0.15, 0.2) is 0 Å². The van der Waals surface area contributed by atoms with Crippen LogP contribution in [0.15, 0.2) is 12.2 Å². The van der Waals surface area contributed by atoms with Crippen molar-refractivity contribution in [1.29, 1.82) is 0 Å². The molecule has 4 heteroatoms. The molecule has 17 heavy (non-hydrogen) atoms. The van der Waals surface area contributed by atoms with E-state index in [4.69, 9.17) is 9.94 Å². The van der Waals surface area contributed by atoms with Crippen LogP contribution in [-0.2, 0) is 9.53 Å². The van der Waals surface area contributed by atoms with Crippen LogP contribution in [0, 0.1) is 11.8 Å². The summed E-state index contributed by atoms with van der Waals surface area (Å²) in [6.07, 6.45) is 8.55. The van der Waals surface area contributed by atoms with Crippen LogP contribution in [0.25, 0.3) is 0 Å². The molecule has 0 aromatic rings. The Balaban J connectivity index is 2.55. The van der Waals surface area contributed by atoms with Crippen LogP contribution in [-0.4, -0.2) is 24.3 Å². The average Bonchev–Trinajstić information content (AvgIpc) is 2.72. The highest BCUT2D eigenvalue weighted by Gasteiger charge is 2.36. The van der Waals surface area contributed by atoms with Crippen molar-refractivity contribution in [2.24, 2.45) is 11.8 Å². The normalized spacial score (nSPS) is 28.8. The van der Waals surface area contributed by atoms with E-state index in [1.54, 1.807) is 0 Å². The van der Waals surface area contributed by atoms with Gasteiger partial charge in [-0.2, -0.15) is 0 Å². The molecule has 0 bridgehead atoms. The minimum atomic E-state index is -0.155. The van der Waals surface area contributed by atoms with Gasteiger partial charge in [-0.15, -0.1) is 0 Å². The van der Waals surface area contributed by atoms with E-state index in [-0.39, 0.29) is 12.0 Å². The lowest BCUT2D eigenvalue weighted by molar-refractivity contribution is -0.142. The number of ether oxygens (including phenoxy) is 1. The van der Waals surface area contributed by atoms with Crippen molar-refractivity contribution in [3.63, 3.8) is 0 Å². The number of esters is 1. The fourth-order valence-electron chi connectivity index (χ4n) is 2.64. The summed E-state index contributed by atoms with van der Waals surface area (Å²) < 4.78 is 4.72. The molecule has 0 aromatic heterocycles. The van der Waals surface area contributed by atoms with E-state index in [1.165, 1.54) is 7.11 Å². The molecule has 0 radical (unpaired) electrons. The number of rotatable bonds is 6. The fraction of sp³-hybridized carbons (Fsp3) is 0.769. The summed E-state index contributed by atoms with van der Waals surface area (Å²) in [4.78, 5) is 11.3. The number of carbonyl (C=O) groups excluding carboxylic acids is 1.